The van der Waals surface area contributed by atoms with Gasteiger partial charge in [0.05, 0.1) is 0 Å². The van der Waals surface area contributed by atoms with Crippen LogP contribution in [0.2, 0.25) is 0 Å². The molecule has 0 bridgehead atoms. The molecule has 0 aliphatic carbocycles. The van der Waals surface area contributed by atoms with Crippen LogP contribution in [0.1, 0.15) is 13.8 Å². The van der Waals surface area contributed by atoms with E-state index < -0.39 is 0 Å². The summed E-state index contributed by atoms with van der Waals surface area (Å²) in [7, 11) is 0. The van der Waals surface area contributed by atoms with E-state index in [4.69, 9.17) is 0 Å². The molecule has 0 rings (SSSR count). The van der Waals surface area contributed by atoms with Gasteiger partial charge in [0.1, 0.15) is 0 Å². The molecule has 0 aliphatic heterocycles. The van der Waals surface area contributed by atoms with Crippen molar-refractivity contribution in [1.82, 2.24) is 0 Å². The van der Waals surface area contributed by atoms with Crippen molar-refractivity contribution in [1.29, 1.82) is 0 Å². The largest absolute Gasteiger partial charge is 0.0988 e. The minimum absolute atomic E-state index is 1.11. The Morgan fingerprint density at radius 3 is 2.33 bits per heavy atom. The zero-order valence-corrected chi connectivity index (χ0v) is 4.28. The van der Waals surface area contributed by atoms with Gasteiger partial charge in [-0.2, -0.15) is 0 Å². The van der Waals surface area contributed by atoms with Crippen molar-refractivity contribution in [3.05, 3.63) is 24.3 Å². The molecule has 0 amide bonds. The van der Waals surface area contributed by atoms with Crippen LogP contribution in [0.3, 0.4) is 0 Å². The first-order chi connectivity index (χ1) is 2.81. The summed E-state index contributed by atoms with van der Waals surface area (Å²) >= 11 is 0. The molecule has 33 valence electrons. The van der Waals surface area contributed by atoms with Gasteiger partial charge in [0, 0.05) is 0 Å². The average molecular weight is 81.1 g/mol. The lowest BCUT2D eigenvalue weighted by Gasteiger charge is -1.77. The zero-order chi connectivity index (χ0) is 4.99. The zero-order valence-electron chi connectivity index (χ0n) is 4.28. The fraction of sp³-hybridized carbons (Fsp3) is 0.333. The van der Waals surface area contributed by atoms with Crippen molar-refractivity contribution in [2.45, 2.75) is 13.8 Å². The molecule has 0 atom stereocenters. The maximum absolute atomic E-state index is 3.53. The SMILES string of the molecule is C=C/C(C)=[C]\C. The van der Waals surface area contributed by atoms with E-state index in [-0.39, 0.29) is 0 Å². The van der Waals surface area contributed by atoms with Crippen molar-refractivity contribution >= 4 is 0 Å². The van der Waals surface area contributed by atoms with Gasteiger partial charge in [0.25, 0.3) is 0 Å². The van der Waals surface area contributed by atoms with E-state index in [9.17, 15) is 0 Å². The van der Waals surface area contributed by atoms with Gasteiger partial charge in [0.15, 0.2) is 0 Å². The summed E-state index contributed by atoms with van der Waals surface area (Å²) < 4.78 is 0. The molecule has 0 unspecified atom stereocenters. The van der Waals surface area contributed by atoms with Crippen LogP contribution in [0.25, 0.3) is 0 Å². The number of rotatable bonds is 1. The summed E-state index contributed by atoms with van der Waals surface area (Å²) in [5, 5.41) is 0. The van der Waals surface area contributed by atoms with Gasteiger partial charge in [0.2, 0.25) is 0 Å². The van der Waals surface area contributed by atoms with Gasteiger partial charge in [-0.05, 0) is 25.5 Å². The van der Waals surface area contributed by atoms with Crippen LogP contribution < -0.4 is 0 Å². The van der Waals surface area contributed by atoms with Crippen LogP contribution in [0.5, 0.6) is 0 Å². The quantitative estimate of drug-likeness (QED) is 0.423. The van der Waals surface area contributed by atoms with Crippen molar-refractivity contribution in [3.63, 3.8) is 0 Å². The molecule has 0 N–H and O–H groups in total. The van der Waals surface area contributed by atoms with E-state index in [0.717, 1.165) is 5.57 Å². The standard InChI is InChI=1S/C6H9/c1-4-6(3)5-2/h4H,1H2,2-3H3. The summed E-state index contributed by atoms with van der Waals surface area (Å²) in [6, 6.07) is 0. The van der Waals surface area contributed by atoms with E-state index in [2.05, 4.69) is 12.7 Å². The van der Waals surface area contributed by atoms with Gasteiger partial charge in [-0.15, -0.1) is 0 Å². The van der Waals surface area contributed by atoms with Crippen LogP contribution in [-0.2, 0) is 0 Å². The highest BCUT2D eigenvalue weighted by Gasteiger charge is 1.67. The second-order valence-electron chi connectivity index (χ2n) is 1.14. The second kappa shape index (κ2) is 2.70. The maximum atomic E-state index is 3.53. The summed E-state index contributed by atoms with van der Waals surface area (Å²) in [6.07, 6.45) is 4.69. The van der Waals surface area contributed by atoms with E-state index >= 15 is 0 Å². The minimum Gasteiger partial charge on any atom is -0.0988 e. The fourth-order valence-corrected chi connectivity index (χ4v) is 0.102. The molecule has 0 aliphatic rings. The van der Waals surface area contributed by atoms with E-state index in [1.54, 1.807) is 6.08 Å². The highest BCUT2D eigenvalue weighted by atomic mass is 13.7. The first-order valence-corrected chi connectivity index (χ1v) is 1.95. The Morgan fingerprint density at radius 1 is 1.83 bits per heavy atom. The first kappa shape index (κ1) is 5.48. The topological polar surface area (TPSA) is 0 Å². The molecule has 0 heteroatoms. The molecule has 0 aromatic rings. The Bertz CT molecular complexity index is 68.1. The number of hydrogen-bond donors (Lipinski definition) is 0. The number of allylic oxidation sites excluding steroid dienone is 3. The highest BCUT2D eigenvalue weighted by molar-refractivity contribution is 5.07. The molecular formula is C6H9. The molecule has 0 aromatic carbocycles. The number of hydrogen-bond acceptors (Lipinski definition) is 0. The lowest BCUT2D eigenvalue weighted by Crippen LogP contribution is -1.58. The lowest BCUT2D eigenvalue weighted by molar-refractivity contribution is 1.44. The minimum atomic E-state index is 1.11. The predicted molar refractivity (Wildman–Crippen MR) is 28.3 cm³/mol. The van der Waals surface area contributed by atoms with Crippen LogP contribution in [0, 0.1) is 6.08 Å². The summed E-state index contributed by atoms with van der Waals surface area (Å²) in [5.41, 5.74) is 1.11. The third-order valence-corrected chi connectivity index (χ3v) is 0.701. The van der Waals surface area contributed by atoms with Crippen LogP contribution in [0.15, 0.2) is 18.2 Å². The second-order valence-corrected chi connectivity index (χ2v) is 1.14. The molecule has 0 saturated heterocycles. The molecule has 0 spiro atoms. The molecule has 0 aromatic heterocycles. The summed E-state index contributed by atoms with van der Waals surface area (Å²) in [5.74, 6) is 0. The van der Waals surface area contributed by atoms with E-state index in [1.165, 1.54) is 0 Å². The van der Waals surface area contributed by atoms with Gasteiger partial charge >= 0.3 is 0 Å². The average Bonchev–Trinajstić information content (AvgIpc) is 1.65. The van der Waals surface area contributed by atoms with Crippen LogP contribution in [0.4, 0.5) is 0 Å². The van der Waals surface area contributed by atoms with Crippen molar-refractivity contribution in [3.8, 4) is 0 Å². The summed E-state index contributed by atoms with van der Waals surface area (Å²) in [4.78, 5) is 0. The van der Waals surface area contributed by atoms with Crippen molar-refractivity contribution in [2.75, 3.05) is 0 Å². The Morgan fingerprint density at radius 2 is 2.33 bits per heavy atom. The molecule has 0 fully saturated rings. The lowest BCUT2D eigenvalue weighted by atomic mass is 10.3. The van der Waals surface area contributed by atoms with Crippen molar-refractivity contribution < 1.29 is 0 Å². The normalized spacial score (nSPS) is 11.3. The Kier molecular flexibility index (Phi) is 2.47. The third-order valence-electron chi connectivity index (χ3n) is 0.701. The molecule has 6 heavy (non-hydrogen) atoms. The Balaban J connectivity index is 3.50. The molecule has 1 radical (unpaired) electrons. The third kappa shape index (κ3) is 1.77. The van der Waals surface area contributed by atoms with Gasteiger partial charge in [-0.3, -0.25) is 0 Å². The van der Waals surface area contributed by atoms with Crippen LogP contribution >= 0.6 is 0 Å². The van der Waals surface area contributed by atoms with Crippen LogP contribution in [-0.4, -0.2) is 0 Å². The highest BCUT2D eigenvalue weighted by Crippen LogP contribution is 1.86. The summed E-state index contributed by atoms with van der Waals surface area (Å²) in [6.45, 7) is 7.37. The first-order valence-electron chi connectivity index (χ1n) is 1.95. The van der Waals surface area contributed by atoms with E-state index in [0.29, 0.717) is 0 Å². The van der Waals surface area contributed by atoms with Gasteiger partial charge < -0.3 is 0 Å². The van der Waals surface area contributed by atoms with Crippen molar-refractivity contribution in [2.24, 2.45) is 0 Å². The van der Waals surface area contributed by atoms with E-state index in [1.807, 2.05) is 13.8 Å². The van der Waals surface area contributed by atoms with Gasteiger partial charge in [-0.25, -0.2) is 0 Å². The molecule has 0 nitrogen and oxygen atoms in total. The molecule has 0 heterocycles. The molecule has 0 saturated carbocycles. The fourth-order valence-electron chi connectivity index (χ4n) is 0.102. The maximum Gasteiger partial charge on any atom is -0.0392 e. The van der Waals surface area contributed by atoms with Gasteiger partial charge in [-0.1, -0.05) is 12.7 Å². The Labute approximate surface area is 39.2 Å². The Hall–Kier alpha value is -0.520. The molecular weight excluding hydrogens is 72.1 g/mol. The smallest absolute Gasteiger partial charge is 0.0392 e. The monoisotopic (exact) mass is 81.1 g/mol. The predicted octanol–water partition coefficient (Wildman–Crippen LogP) is 1.94.